The van der Waals surface area contributed by atoms with Gasteiger partial charge >= 0.3 is 11.9 Å². The Bertz CT molecular complexity index is 954. The van der Waals surface area contributed by atoms with Crippen LogP contribution in [0, 0.1) is 0 Å². The van der Waals surface area contributed by atoms with Gasteiger partial charge in [-0.25, -0.2) is 0 Å². The molecule has 0 fully saturated rings. The molecule has 8 heteroatoms. The maximum absolute atomic E-state index is 11.9. The Morgan fingerprint density at radius 1 is 0.647 bits per heavy atom. The van der Waals surface area contributed by atoms with Crippen LogP contribution < -0.4 is 20.1 Å². The van der Waals surface area contributed by atoms with Crippen molar-refractivity contribution in [1.82, 2.24) is 10.6 Å². The number of ether oxygens (including phenoxy) is 2. The fourth-order valence-corrected chi connectivity index (χ4v) is 2.76. The molecule has 0 atom stereocenters. The van der Waals surface area contributed by atoms with Crippen LogP contribution in [0.2, 0.25) is 0 Å². The van der Waals surface area contributed by atoms with Crippen LogP contribution in [-0.4, -0.2) is 36.8 Å². The summed E-state index contributed by atoms with van der Waals surface area (Å²) >= 11 is 0. The smallest absolute Gasteiger partial charge is 0.308 e. The number of rotatable bonds is 11. The summed E-state index contributed by atoms with van der Waals surface area (Å²) in [7, 11) is 0. The minimum absolute atomic E-state index is 0.212. The van der Waals surface area contributed by atoms with Crippen LogP contribution >= 0.6 is 0 Å². The molecule has 8 nitrogen and oxygen atoms in total. The van der Waals surface area contributed by atoms with E-state index >= 15 is 0 Å². The first-order chi connectivity index (χ1) is 16.3. The van der Waals surface area contributed by atoms with Crippen LogP contribution in [0.4, 0.5) is 0 Å². The van der Waals surface area contributed by atoms with Crippen molar-refractivity contribution in [3.8, 4) is 11.5 Å². The predicted octanol–water partition coefficient (Wildman–Crippen LogP) is 3.28. The lowest BCUT2D eigenvalue weighted by Crippen LogP contribution is -2.25. The lowest BCUT2D eigenvalue weighted by Gasteiger charge is -2.04. The second-order valence-corrected chi connectivity index (χ2v) is 7.28. The summed E-state index contributed by atoms with van der Waals surface area (Å²) in [4.78, 5) is 45.6. The van der Waals surface area contributed by atoms with Gasteiger partial charge in [0.2, 0.25) is 11.8 Å². The van der Waals surface area contributed by atoms with E-state index in [1.165, 1.54) is 26.0 Å². The van der Waals surface area contributed by atoms with E-state index in [1.54, 1.807) is 60.7 Å². The van der Waals surface area contributed by atoms with Crippen molar-refractivity contribution in [3.63, 3.8) is 0 Å². The van der Waals surface area contributed by atoms with Gasteiger partial charge in [-0.05, 0) is 60.4 Å². The van der Waals surface area contributed by atoms with Gasteiger partial charge in [-0.3, -0.25) is 19.2 Å². The molecule has 178 valence electrons. The van der Waals surface area contributed by atoms with Crippen molar-refractivity contribution < 1.29 is 28.7 Å². The third-order valence-electron chi connectivity index (χ3n) is 4.34. The number of unbranched alkanes of at least 4 members (excludes halogenated alkanes) is 1. The SMILES string of the molecule is CC(=O)Oc1ccc(/C=C/C(=O)NCCCCNC(=O)/C=C/c2ccc(OC(C)=O)cc2)cc1. The third kappa shape index (κ3) is 10.9. The summed E-state index contributed by atoms with van der Waals surface area (Å²) in [5.41, 5.74) is 1.62. The molecule has 2 amide bonds. The highest BCUT2D eigenvalue weighted by atomic mass is 16.5. The van der Waals surface area contributed by atoms with Crippen molar-refractivity contribution in [3.05, 3.63) is 71.8 Å². The fourth-order valence-electron chi connectivity index (χ4n) is 2.76. The molecule has 2 aromatic rings. The molecule has 2 N–H and O–H groups in total. The molecule has 0 aliphatic rings. The third-order valence-corrected chi connectivity index (χ3v) is 4.34. The van der Waals surface area contributed by atoms with Gasteiger partial charge in [0, 0.05) is 39.1 Å². The Kier molecular flexibility index (Phi) is 10.8. The Balaban J connectivity index is 1.59. The predicted molar refractivity (Wildman–Crippen MR) is 129 cm³/mol. The summed E-state index contributed by atoms with van der Waals surface area (Å²) in [5.74, 6) is -0.295. The van der Waals surface area contributed by atoms with Gasteiger partial charge in [-0.2, -0.15) is 0 Å². The zero-order valence-corrected chi connectivity index (χ0v) is 19.2. The average molecular weight is 465 g/mol. The van der Waals surface area contributed by atoms with Crippen LogP contribution in [0.5, 0.6) is 11.5 Å². The lowest BCUT2D eigenvalue weighted by molar-refractivity contribution is -0.132. The maximum Gasteiger partial charge on any atom is 0.308 e. The Morgan fingerprint density at radius 3 is 1.32 bits per heavy atom. The van der Waals surface area contributed by atoms with Gasteiger partial charge in [0.1, 0.15) is 11.5 Å². The normalized spacial score (nSPS) is 10.8. The Morgan fingerprint density at radius 2 is 1.00 bits per heavy atom. The van der Waals surface area contributed by atoms with E-state index in [4.69, 9.17) is 9.47 Å². The number of hydrogen-bond donors (Lipinski definition) is 2. The van der Waals surface area contributed by atoms with Crippen LogP contribution in [-0.2, 0) is 19.2 Å². The molecule has 0 unspecified atom stereocenters. The zero-order chi connectivity index (χ0) is 24.8. The molecule has 0 aliphatic heterocycles. The van der Waals surface area contributed by atoms with E-state index in [0.717, 1.165) is 24.0 Å². The molecule has 2 aromatic carbocycles. The van der Waals surface area contributed by atoms with Gasteiger partial charge in [0.15, 0.2) is 0 Å². The fraction of sp³-hybridized carbons (Fsp3) is 0.231. The molecular formula is C26H28N2O6. The molecule has 0 aromatic heterocycles. The van der Waals surface area contributed by atoms with Crippen molar-refractivity contribution >= 4 is 35.9 Å². The number of amides is 2. The zero-order valence-electron chi connectivity index (χ0n) is 19.2. The van der Waals surface area contributed by atoms with Crippen LogP contribution in [0.15, 0.2) is 60.7 Å². The van der Waals surface area contributed by atoms with Crippen molar-refractivity contribution in [2.75, 3.05) is 13.1 Å². The minimum atomic E-state index is -0.386. The molecule has 34 heavy (non-hydrogen) atoms. The first kappa shape index (κ1) is 26.1. The number of carbonyl (C=O) groups is 4. The highest BCUT2D eigenvalue weighted by Gasteiger charge is 2.00. The van der Waals surface area contributed by atoms with Gasteiger partial charge in [-0.15, -0.1) is 0 Å². The molecule has 0 radical (unpaired) electrons. The van der Waals surface area contributed by atoms with Gasteiger partial charge < -0.3 is 20.1 Å². The molecule has 0 saturated heterocycles. The van der Waals surface area contributed by atoms with Crippen LogP contribution in [0.1, 0.15) is 37.8 Å². The van der Waals surface area contributed by atoms with E-state index in [2.05, 4.69) is 10.6 Å². The summed E-state index contributed by atoms with van der Waals surface area (Å²) in [6, 6.07) is 13.6. The molecular weight excluding hydrogens is 436 g/mol. The second-order valence-electron chi connectivity index (χ2n) is 7.28. The van der Waals surface area contributed by atoms with Crippen LogP contribution in [0.25, 0.3) is 12.2 Å². The molecule has 0 bridgehead atoms. The molecule has 0 heterocycles. The second kappa shape index (κ2) is 14.1. The molecule has 2 rings (SSSR count). The number of esters is 2. The van der Waals surface area contributed by atoms with Gasteiger partial charge in [-0.1, -0.05) is 24.3 Å². The van der Waals surface area contributed by atoms with Crippen molar-refractivity contribution in [1.29, 1.82) is 0 Å². The summed E-state index contributed by atoms with van der Waals surface area (Å²) in [6.45, 7) is 3.66. The van der Waals surface area contributed by atoms with Crippen molar-refractivity contribution in [2.45, 2.75) is 26.7 Å². The lowest BCUT2D eigenvalue weighted by atomic mass is 10.2. The minimum Gasteiger partial charge on any atom is -0.427 e. The van der Waals surface area contributed by atoms with Crippen molar-refractivity contribution in [2.24, 2.45) is 0 Å². The quantitative estimate of drug-likeness (QED) is 0.229. The highest BCUT2D eigenvalue weighted by Crippen LogP contribution is 2.14. The number of nitrogens with one attached hydrogen (secondary N) is 2. The summed E-state index contributed by atoms with van der Waals surface area (Å²) in [5, 5.41) is 5.58. The number of benzene rings is 2. The average Bonchev–Trinajstić information content (AvgIpc) is 2.79. The van der Waals surface area contributed by atoms with E-state index in [1.807, 2.05) is 0 Å². The number of hydrogen-bond acceptors (Lipinski definition) is 6. The molecule has 0 spiro atoms. The summed E-state index contributed by atoms with van der Waals surface area (Å²) in [6.07, 6.45) is 7.65. The Labute approximate surface area is 198 Å². The van der Waals surface area contributed by atoms with E-state index in [0.29, 0.717) is 24.6 Å². The van der Waals surface area contributed by atoms with E-state index in [-0.39, 0.29) is 23.8 Å². The Hall–Kier alpha value is -4.20. The first-order valence-corrected chi connectivity index (χ1v) is 10.8. The monoisotopic (exact) mass is 464 g/mol. The topological polar surface area (TPSA) is 111 Å². The molecule has 0 aliphatic carbocycles. The highest BCUT2D eigenvalue weighted by molar-refractivity contribution is 5.92. The van der Waals surface area contributed by atoms with E-state index < -0.39 is 0 Å². The van der Waals surface area contributed by atoms with Gasteiger partial charge in [0.05, 0.1) is 0 Å². The number of carbonyl (C=O) groups excluding carboxylic acids is 4. The molecule has 0 saturated carbocycles. The largest absolute Gasteiger partial charge is 0.427 e. The maximum atomic E-state index is 11.9. The standard InChI is InChI=1S/C26H28N2O6/c1-19(29)33-23-11-5-21(6-12-23)9-15-25(31)27-17-3-4-18-28-26(32)16-10-22-7-13-24(14-8-22)34-20(2)30/h5-16H,3-4,17-18H2,1-2H3,(H,27,31)(H,28,32)/b15-9+,16-10+. The summed E-state index contributed by atoms with van der Waals surface area (Å²) < 4.78 is 9.91. The van der Waals surface area contributed by atoms with E-state index in [9.17, 15) is 19.2 Å². The van der Waals surface area contributed by atoms with Crippen LogP contribution in [0.3, 0.4) is 0 Å². The first-order valence-electron chi connectivity index (χ1n) is 10.8. The van der Waals surface area contributed by atoms with Gasteiger partial charge in [0.25, 0.3) is 0 Å².